The lowest BCUT2D eigenvalue weighted by Gasteiger charge is -2.21. The van der Waals surface area contributed by atoms with Crippen molar-refractivity contribution in [3.63, 3.8) is 0 Å². The summed E-state index contributed by atoms with van der Waals surface area (Å²) in [6.07, 6.45) is 10.5. The molecule has 0 N–H and O–H groups in total. The molecule has 1 aliphatic rings. The van der Waals surface area contributed by atoms with Crippen LogP contribution in [0.15, 0.2) is 24.4 Å². The summed E-state index contributed by atoms with van der Waals surface area (Å²) >= 11 is 0. The average molecular weight is 228 g/mol. The highest BCUT2D eigenvalue weighted by Crippen LogP contribution is 2.29. The normalized spacial score (nSPS) is 17.7. The van der Waals surface area contributed by atoms with Gasteiger partial charge >= 0.3 is 0 Å². The van der Waals surface area contributed by atoms with Gasteiger partial charge in [0.1, 0.15) is 0 Å². The van der Waals surface area contributed by atoms with E-state index in [1.165, 1.54) is 49.5 Å². The van der Waals surface area contributed by atoms with Crippen molar-refractivity contribution in [2.24, 2.45) is 13.0 Å². The predicted molar refractivity (Wildman–Crippen MR) is 71.0 cm³/mol. The van der Waals surface area contributed by atoms with Crippen LogP contribution in [0.5, 0.6) is 0 Å². The average Bonchev–Trinajstić information content (AvgIpc) is 2.72. The SMILES string of the molecule is Cn1cc2c(CC3CCCCC3)cccc2n1. The molecule has 1 saturated carbocycles. The fourth-order valence-corrected chi connectivity index (χ4v) is 3.10. The minimum absolute atomic E-state index is 0.898. The Morgan fingerprint density at radius 3 is 2.88 bits per heavy atom. The highest BCUT2D eigenvalue weighted by Gasteiger charge is 2.15. The monoisotopic (exact) mass is 228 g/mol. The maximum atomic E-state index is 4.48. The summed E-state index contributed by atoms with van der Waals surface area (Å²) < 4.78 is 1.93. The highest BCUT2D eigenvalue weighted by atomic mass is 15.2. The minimum Gasteiger partial charge on any atom is -0.275 e. The summed E-state index contributed by atoms with van der Waals surface area (Å²) in [5.41, 5.74) is 2.63. The molecule has 0 bridgehead atoms. The summed E-state index contributed by atoms with van der Waals surface area (Å²) in [5, 5.41) is 5.83. The van der Waals surface area contributed by atoms with E-state index >= 15 is 0 Å². The van der Waals surface area contributed by atoms with Crippen molar-refractivity contribution in [3.05, 3.63) is 30.0 Å². The summed E-state index contributed by atoms with van der Waals surface area (Å²) in [7, 11) is 2.00. The second kappa shape index (κ2) is 4.52. The summed E-state index contributed by atoms with van der Waals surface area (Å²) in [5.74, 6) is 0.898. The standard InChI is InChI=1S/C15H20N2/c1-17-11-14-13(8-5-9-15(14)16-17)10-12-6-3-2-4-7-12/h5,8-9,11-12H,2-4,6-7,10H2,1H3. The molecule has 3 rings (SSSR count). The van der Waals surface area contributed by atoms with E-state index in [1.54, 1.807) is 0 Å². The van der Waals surface area contributed by atoms with E-state index in [2.05, 4.69) is 29.5 Å². The van der Waals surface area contributed by atoms with Crippen molar-refractivity contribution >= 4 is 10.9 Å². The fourth-order valence-electron chi connectivity index (χ4n) is 3.10. The molecule has 2 aromatic rings. The third-order valence-electron chi connectivity index (χ3n) is 3.99. The first kappa shape index (κ1) is 10.8. The number of nitrogens with zero attached hydrogens (tertiary/aromatic N) is 2. The molecule has 1 heterocycles. The van der Waals surface area contributed by atoms with Crippen LogP contribution in [0.4, 0.5) is 0 Å². The van der Waals surface area contributed by atoms with Crippen molar-refractivity contribution in [3.8, 4) is 0 Å². The molecule has 1 aliphatic carbocycles. The molecule has 2 nitrogen and oxygen atoms in total. The number of hydrogen-bond acceptors (Lipinski definition) is 1. The Morgan fingerprint density at radius 2 is 2.06 bits per heavy atom. The van der Waals surface area contributed by atoms with Crippen LogP contribution >= 0.6 is 0 Å². The molecule has 1 aromatic carbocycles. The van der Waals surface area contributed by atoms with Gasteiger partial charge in [0.15, 0.2) is 0 Å². The van der Waals surface area contributed by atoms with Gasteiger partial charge < -0.3 is 0 Å². The van der Waals surface area contributed by atoms with Crippen LogP contribution in [0.3, 0.4) is 0 Å². The Hall–Kier alpha value is -1.31. The summed E-state index contributed by atoms with van der Waals surface area (Å²) in [6.45, 7) is 0. The molecule has 1 aromatic heterocycles. The molecule has 0 radical (unpaired) electrons. The Labute approximate surface area is 103 Å². The largest absolute Gasteiger partial charge is 0.275 e. The quantitative estimate of drug-likeness (QED) is 0.766. The van der Waals surface area contributed by atoms with Gasteiger partial charge in [-0.3, -0.25) is 4.68 Å². The van der Waals surface area contributed by atoms with Gasteiger partial charge in [0.05, 0.1) is 5.52 Å². The molecule has 0 unspecified atom stereocenters. The van der Waals surface area contributed by atoms with Crippen LogP contribution in [0.1, 0.15) is 37.7 Å². The lowest BCUT2D eigenvalue weighted by Crippen LogP contribution is -2.09. The second-order valence-electron chi connectivity index (χ2n) is 5.36. The molecule has 0 aliphatic heterocycles. The van der Waals surface area contributed by atoms with E-state index in [0.717, 1.165) is 11.4 Å². The van der Waals surface area contributed by atoms with Crippen molar-refractivity contribution in [1.82, 2.24) is 9.78 Å². The number of aromatic nitrogens is 2. The molecule has 0 spiro atoms. The van der Waals surface area contributed by atoms with E-state index in [4.69, 9.17) is 0 Å². The molecule has 0 saturated heterocycles. The fraction of sp³-hybridized carbons (Fsp3) is 0.533. The molecular formula is C15H20N2. The van der Waals surface area contributed by atoms with Crippen LogP contribution < -0.4 is 0 Å². The maximum Gasteiger partial charge on any atom is 0.0925 e. The highest BCUT2D eigenvalue weighted by molar-refractivity contribution is 5.81. The number of fused-ring (bicyclic) bond motifs is 1. The third kappa shape index (κ3) is 2.21. The van der Waals surface area contributed by atoms with Gasteiger partial charge in [-0.15, -0.1) is 0 Å². The predicted octanol–water partition coefficient (Wildman–Crippen LogP) is 3.70. The van der Waals surface area contributed by atoms with E-state index in [9.17, 15) is 0 Å². The number of rotatable bonds is 2. The van der Waals surface area contributed by atoms with Crippen molar-refractivity contribution in [2.75, 3.05) is 0 Å². The Kier molecular flexibility index (Phi) is 2.87. The third-order valence-corrected chi connectivity index (χ3v) is 3.99. The van der Waals surface area contributed by atoms with Crippen LogP contribution in [0.2, 0.25) is 0 Å². The Bertz CT molecular complexity index is 507. The van der Waals surface area contributed by atoms with E-state index < -0.39 is 0 Å². The van der Waals surface area contributed by atoms with Crippen molar-refractivity contribution in [1.29, 1.82) is 0 Å². The summed E-state index contributed by atoms with van der Waals surface area (Å²) in [6, 6.07) is 6.53. The molecular weight excluding hydrogens is 208 g/mol. The molecule has 17 heavy (non-hydrogen) atoms. The van der Waals surface area contributed by atoms with Crippen molar-refractivity contribution < 1.29 is 0 Å². The zero-order chi connectivity index (χ0) is 11.7. The zero-order valence-electron chi connectivity index (χ0n) is 10.5. The second-order valence-corrected chi connectivity index (χ2v) is 5.36. The van der Waals surface area contributed by atoms with Gasteiger partial charge in [-0.05, 0) is 24.0 Å². The van der Waals surface area contributed by atoms with E-state index in [-0.39, 0.29) is 0 Å². The molecule has 0 atom stereocenters. The molecule has 90 valence electrons. The zero-order valence-corrected chi connectivity index (χ0v) is 10.5. The minimum atomic E-state index is 0.898. The van der Waals surface area contributed by atoms with Crippen LogP contribution in [0.25, 0.3) is 10.9 Å². The van der Waals surface area contributed by atoms with Crippen LogP contribution in [0, 0.1) is 5.92 Å². The smallest absolute Gasteiger partial charge is 0.0925 e. The maximum absolute atomic E-state index is 4.48. The molecule has 1 fully saturated rings. The first-order chi connectivity index (χ1) is 8.33. The molecule has 0 amide bonds. The van der Waals surface area contributed by atoms with Gasteiger partial charge in [-0.25, -0.2) is 0 Å². The van der Waals surface area contributed by atoms with Gasteiger partial charge in [0.25, 0.3) is 0 Å². The summed E-state index contributed by atoms with van der Waals surface area (Å²) in [4.78, 5) is 0. The Morgan fingerprint density at radius 1 is 1.24 bits per heavy atom. The number of aryl methyl sites for hydroxylation is 1. The van der Waals surface area contributed by atoms with Gasteiger partial charge in [0, 0.05) is 18.6 Å². The van der Waals surface area contributed by atoms with Crippen LogP contribution in [-0.2, 0) is 13.5 Å². The first-order valence-corrected chi connectivity index (χ1v) is 6.74. The lowest BCUT2D eigenvalue weighted by molar-refractivity contribution is 0.357. The van der Waals surface area contributed by atoms with Gasteiger partial charge in [-0.1, -0.05) is 44.2 Å². The van der Waals surface area contributed by atoms with Crippen LogP contribution in [-0.4, -0.2) is 9.78 Å². The topological polar surface area (TPSA) is 17.8 Å². The van der Waals surface area contributed by atoms with Gasteiger partial charge in [-0.2, -0.15) is 5.10 Å². The van der Waals surface area contributed by atoms with Gasteiger partial charge in [0.2, 0.25) is 0 Å². The van der Waals surface area contributed by atoms with Crippen molar-refractivity contribution in [2.45, 2.75) is 38.5 Å². The Balaban J connectivity index is 1.88. The number of benzene rings is 1. The number of hydrogen-bond donors (Lipinski definition) is 0. The first-order valence-electron chi connectivity index (χ1n) is 6.74. The molecule has 2 heteroatoms. The van der Waals surface area contributed by atoms with E-state index in [0.29, 0.717) is 0 Å². The van der Waals surface area contributed by atoms with E-state index in [1.807, 2.05) is 11.7 Å². The lowest BCUT2D eigenvalue weighted by atomic mass is 9.84.